The molecule has 0 N–H and O–H groups in total. The Hall–Kier alpha value is -1.63. The van der Waals surface area contributed by atoms with Crippen LogP contribution in [-0.4, -0.2) is 4.98 Å². The van der Waals surface area contributed by atoms with Gasteiger partial charge in [-0.15, -0.1) is 0 Å². The van der Waals surface area contributed by atoms with Gasteiger partial charge in [-0.05, 0) is 30.0 Å². The Bertz CT molecular complexity index is 592. The summed E-state index contributed by atoms with van der Waals surface area (Å²) in [6.45, 7) is 4.41. The van der Waals surface area contributed by atoms with Gasteiger partial charge in [-0.2, -0.15) is 0 Å². The summed E-state index contributed by atoms with van der Waals surface area (Å²) in [6, 6.07) is 11.0. The van der Waals surface area contributed by atoms with Gasteiger partial charge >= 0.3 is 0 Å². The molecule has 1 heteroatoms. The van der Waals surface area contributed by atoms with Gasteiger partial charge in [0.15, 0.2) is 0 Å². The fraction of sp³-hybridized carbons (Fsp3) is 0.312. The first kappa shape index (κ1) is 8.46. The van der Waals surface area contributed by atoms with Crippen molar-refractivity contribution in [2.75, 3.05) is 0 Å². The van der Waals surface area contributed by atoms with E-state index in [4.69, 9.17) is 4.11 Å². The molecule has 1 heterocycles. The molecule has 0 bridgehead atoms. The minimum Gasteiger partial charge on any atom is -0.256 e. The van der Waals surface area contributed by atoms with Crippen molar-refractivity contribution in [1.82, 2.24) is 4.98 Å². The molecular formula is C16H19N. The highest BCUT2D eigenvalue weighted by Gasteiger charge is 2.14. The van der Waals surface area contributed by atoms with Crippen LogP contribution in [0.2, 0.25) is 0 Å². The molecule has 0 aliphatic heterocycles. The van der Waals surface area contributed by atoms with E-state index in [-0.39, 0.29) is 5.41 Å². The summed E-state index contributed by atoms with van der Waals surface area (Å²) in [5.41, 5.74) is 3.44. The van der Waals surface area contributed by atoms with Crippen molar-refractivity contribution in [3.63, 3.8) is 0 Å². The molecule has 2 aromatic rings. The van der Waals surface area contributed by atoms with Gasteiger partial charge < -0.3 is 0 Å². The molecule has 0 unspecified atom stereocenters. The second-order valence-electron chi connectivity index (χ2n) is 5.26. The van der Waals surface area contributed by atoms with E-state index < -0.39 is 6.85 Å². The second kappa shape index (κ2) is 4.33. The third-order valence-corrected chi connectivity index (χ3v) is 2.81. The molecule has 0 amide bonds. The van der Waals surface area contributed by atoms with Crippen molar-refractivity contribution in [2.24, 2.45) is 0 Å². The Morgan fingerprint density at radius 2 is 1.76 bits per heavy atom. The summed E-state index contributed by atoms with van der Waals surface area (Å²) in [5, 5.41) is 0. The third-order valence-electron chi connectivity index (χ3n) is 2.81. The van der Waals surface area contributed by atoms with Crippen LogP contribution in [0.4, 0.5) is 0 Å². The van der Waals surface area contributed by atoms with Crippen molar-refractivity contribution in [1.29, 1.82) is 0 Å². The lowest BCUT2D eigenvalue weighted by atomic mass is 9.87. The number of benzene rings is 1. The van der Waals surface area contributed by atoms with Gasteiger partial charge in [0.2, 0.25) is 0 Å². The van der Waals surface area contributed by atoms with Gasteiger partial charge in [-0.3, -0.25) is 4.98 Å². The summed E-state index contributed by atoms with van der Waals surface area (Å²) in [5.74, 6) is 0. The Balaban J connectivity index is 2.38. The van der Waals surface area contributed by atoms with Crippen molar-refractivity contribution in [3.8, 4) is 11.3 Å². The molecule has 0 radical (unpaired) electrons. The topological polar surface area (TPSA) is 12.9 Å². The largest absolute Gasteiger partial charge is 0.256 e. The van der Waals surface area contributed by atoms with E-state index in [2.05, 4.69) is 31.8 Å². The lowest BCUT2D eigenvalue weighted by molar-refractivity contribution is 0.589. The van der Waals surface area contributed by atoms with E-state index in [1.165, 1.54) is 5.56 Å². The van der Waals surface area contributed by atoms with Crippen LogP contribution < -0.4 is 0 Å². The first-order valence-corrected chi connectivity index (χ1v) is 5.75. The molecular weight excluding hydrogens is 206 g/mol. The van der Waals surface area contributed by atoms with E-state index in [1.807, 2.05) is 18.2 Å². The van der Waals surface area contributed by atoms with Crippen LogP contribution in [0.25, 0.3) is 11.3 Å². The molecule has 1 nitrogen and oxygen atoms in total. The summed E-state index contributed by atoms with van der Waals surface area (Å²) in [7, 11) is 0. The van der Waals surface area contributed by atoms with E-state index in [9.17, 15) is 0 Å². The highest BCUT2D eigenvalue weighted by Crippen LogP contribution is 2.25. The molecule has 1 aromatic heterocycles. The Morgan fingerprint density at radius 3 is 2.35 bits per heavy atom. The highest BCUT2D eigenvalue weighted by molar-refractivity contribution is 5.60. The van der Waals surface area contributed by atoms with Gasteiger partial charge in [-0.1, -0.05) is 50.6 Å². The summed E-state index contributed by atoms with van der Waals surface area (Å²) in [6.07, 6.45) is 1.80. The SMILES string of the molecule is [2H]C([2H])([2H])c1ccc(-c2cc(C(C)(C)C)ccn2)cc1. The third kappa shape index (κ3) is 2.73. The number of hydrogen-bond donors (Lipinski definition) is 0. The van der Waals surface area contributed by atoms with E-state index >= 15 is 0 Å². The zero-order valence-corrected chi connectivity index (χ0v) is 10.5. The quantitative estimate of drug-likeness (QED) is 0.707. The Labute approximate surface area is 108 Å². The van der Waals surface area contributed by atoms with E-state index in [1.54, 1.807) is 18.3 Å². The van der Waals surface area contributed by atoms with Crippen LogP contribution in [0.5, 0.6) is 0 Å². The summed E-state index contributed by atoms with van der Waals surface area (Å²) >= 11 is 0. The van der Waals surface area contributed by atoms with Crippen LogP contribution in [0.3, 0.4) is 0 Å². The maximum Gasteiger partial charge on any atom is 0.0704 e. The lowest BCUT2D eigenvalue weighted by Crippen LogP contribution is -2.11. The number of aromatic nitrogens is 1. The molecule has 0 fully saturated rings. The predicted octanol–water partition coefficient (Wildman–Crippen LogP) is 4.35. The Kier molecular flexibility index (Phi) is 2.15. The van der Waals surface area contributed by atoms with Crippen molar-refractivity contribution in [3.05, 3.63) is 53.7 Å². The first-order chi connectivity index (χ1) is 9.18. The van der Waals surface area contributed by atoms with E-state index in [0.29, 0.717) is 5.56 Å². The zero-order chi connectivity index (χ0) is 15.0. The standard InChI is InChI=1S/C16H19N/c1-12-5-7-13(8-6-12)15-11-14(9-10-17-15)16(2,3)4/h5-11H,1-4H3/i1D3. The van der Waals surface area contributed by atoms with Crippen LogP contribution in [0.15, 0.2) is 42.6 Å². The summed E-state index contributed by atoms with van der Waals surface area (Å²) < 4.78 is 22.1. The highest BCUT2D eigenvalue weighted by atomic mass is 14.7. The second-order valence-corrected chi connectivity index (χ2v) is 5.26. The van der Waals surface area contributed by atoms with Gasteiger partial charge in [0, 0.05) is 15.9 Å². The van der Waals surface area contributed by atoms with Crippen molar-refractivity contribution < 1.29 is 4.11 Å². The van der Waals surface area contributed by atoms with Crippen molar-refractivity contribution >= 4 is 0 Å². The molecule has 0 aliphatic carbocycles. The number of aryl methyl sites for hydroxylation is 1. The number of pyridine rings is 1. The number of rotatable bonds is 1. The van der Waals surface area contributed by atoms with Crippen LogP contribution >= 0.6 is 0 Å². The number of hydrogen-bond acceptors (Lipinski definition) is 1. The van der Waals surface area contributed by atoms with Crippen LogP contribution in [0.1, 0.15) is 36.0 Å². The molecule has 88 valence electrons. The lowest BCUT2D eigenvalue weighted by Gasteiger charge is -2.19. The zero-order valence-electron chi connectivity index (χ0n) is 13.5. The molecule has 1 aromatic carbocycles. The maximum absolute atomic E-state index is 7.38. The molecule has 0 spiro atoms. The average molecular weight is 228 g/mol. The van der Waals surface area contributed by atoms with Crippen LogP contribution in [-0.2, 0) is 5.41 Å². The van der Waals surface area contributed by atoms with Gasteiger partial charge in [-0.25, -0.2) is 0 Å². The molecule has 17 heavy (non-hydrogen) atoms. The first-order valence-electron chi connectivity index (χ1n) is 7.25. The minimum absolute atomic E-state index is 0.0658. The van der Waals surface area contributed by atoms with E-state index in [0.717, 1.165) is 11.3 Å². The molecule has 0 saturated carbocycles. The van der Waals surface area contributed by atoms with Crippen molar-refractivity contribution in [2.45, 2.75) is 33.0 Å². The molecule has 2 rings (SSSR count). The maximum atomic E-state index is 7.38. The molecule has 0 aliphatic rings. The fourth-order valence-corrected chi connectivity index (χ4v) is 1.70. The van der Waals surface area contributed by atoms with Crippen LogP contribution in [0, 0.1) is 6.85 Å². The monoisotopic (exact) mass is 228 g/mol. The molecule has 0 saturated heterocycles. The predicted molar refractivity (Wildman–Crippen MR) is 73.1 cm³/mol. The Morgan fingerprint density at radius 1 is 1.06 bits per heavy atom. The average Bonchev–Trinajstić information content (AvgIpc) is 2.37. The smallest absolute Gasteiger partial charge is 0.0704 e. The normalized spacial score (nSPS) is 14.9. The summed E-state index contributed by atoms with van der Waals surface area (Å²) in [4.78, 5) is 4.37. The minimum atomic E-state index is -2.06. The van der Waals surface area contributed by atoms with Gasteiger partial charge in [0.25, 0.3) is 0 Å². The number of nitrogens with zero attached hydrogens (tertiary/aromatic N) is 1. The van der Waals surface area contributed by atoms with Gasteiger partial charge in [0.1, 0.15) is 0 Å². The fourth-order valence-electron chi connectivity index (χ4n) is 1.70. The van der Waals surface area contributed by atoms with Gasteiger partial charge in [0.05, 0.1) is 5.69 Å². The molecule has 0 atom stereocenters.